The molecule has 1 aliphatic heterocycles. The molecule has 0 aromatic heterocycles. The van der Waals surface area contributed by atoms with Crippen LogP contribution in [0.15, 0.2) is 24.3 Å². The Morgan fingerprint density at radius 3 is 2.72 bits per heavy atom. The maximum absolute atomic E-state index is 13.2. The van der Waals surface area contributed by atoms with Crippen LogP contribution in [0, 0.1) is 5.82 Å². The van der Waals surface area contributed by atoms with Crippen LogP contribution in [-0.2, 0) is 9.47 Å². The topological polar surface area (TPSA) is 38.7 Å². The van der Waals surface area contributed by atoms with Gasteiger partial charge in [0.2, 0.25) is 0 Å². The molecule has 1 saturated carbocycles. The van der Waals surface area contributed by atoms with Gasteiger partial charge in [-0.25, -0.2) is 4.39 Å². The highest BCUT2D eigenvalue weighted by atomic mass is 19.1. The summed E-state index contributed by atoms with van der Waals surface area (Å²) in [6.07, 6.45) is 1.43. The van der Waals surface area contributed by atoms with Gasteiger partial charge < -0.3 is 14.6 Å². The van der Waals surface area contributed by atoms with E-state index in [2.05, 4.69) is 0 Å². The Balaban J connectivity index is 1.76. The zero-order valence-electron chi connectivity index (χ0n) is 10.1. The maximum atomic E-state index is 13.2. The van der Waals surface area contributed by atoms with Gasteiger partial charge in [0, 0.05) is 18.8 Å². The number of hydrogen-bond donors (Lipinski definition) is 1. The standard InChI is InChI=1S/C14H17FO3/c15-11-3-1-2-10(8-11)12-4-5-14(9-13(12)16)17-6-7-18-14/h1-3,8,12-13,16H,4-7,9H2. The van der Waals surface area contributed by atoms with Crippen LogP contribution in [0.4, 0.5) is 4.39 Å². The lowest BCUT2D eigenvalue weighted by atomic mass is 9.79. The van der Waals surface area contributed by atoms with Crippen LogP contribution >= 0.6 is 0 Å². The summed E-state index contributed by atoms with van der Waals surface area (Å²) in [6, 6.07) is 6.47. The molecule has 3 nitrogen and oxygen atoms in total. The molecule has 1 saturated heterocycles. The van der Waals surface area contributed by atoms with Crippen molar-refractivity contribution in [3.8, 4) is 0 Å². The van der Waals surface area contributed by atoms with Gasteiger partial charge in [0.05, 0.1) is 19.3 Å². The minimum atomic E-state index is -0.594. The smallest absolute Gasteiger partial charge is 0.171 e. The van der Waals surface area contributed by atoms with E-state index < -0.39 is 11.9 Å². The molecule has 2 fully saturated rings. The zero-order valence-corrected chi connectivity index (χ0v) is 10.1. The molecule has 1 heterocycles. The van der Waals surface area contributed by atoms with Crippen LogP contribution in [0.25, 0.3) is 0 Å². The van der Waals surface area contributed by atoms with Crippen LogP contribution in [0.5, 0.6) is 0 Å². The summed E-state index contributed by atoms with van der Waals surface area (Å²) in [7, 11) is 0. The van der Waals surface area contributed by atoms with Gasteiger partial charge in [-0.15, -0.1) is 0 Å². The monoisotopic (exact) mass is 252 g/mol. The number of rotatable bonds is 1. The molecule has 2 atom stereocenters. The maximum Gasteiger partial charge on any atom is 0.171 e. The van der Waals surface area contributed by atoms with Gasteiger partial charge in [-0.3, -0.25) is 0 Å². The van der Waals surface area contributed by atoms with E-state index in [1.807, 2.05) is 6.07 Å². The molecule has 0 radical (unpaired) electrons. The van der Waals surface area contributed by atoms with E-state index in [0.29, 0.717) is 19.6 Å². The minimum absolute atomic E-state index is 0.0286. The third kappa shape index (κ3) is 2.16. The minimum Gasteiger partial charge on any atom is -0.392 e. The van der Waals surface area contributed by atoms with Crippen molar-refractivity contribution in [2.75, 3.05) is 13.2 Å². The van der Waals surface area contributed by atoms with Crippen molar-refractivity contribution >= 4 is 0 Å². The van der Waals surface area contributed by atoms with E-state index >= 15 is 0 Å². The van der Waals surface area contributed by atoms with Gasteiger partial charge >= 0.3 is 0 Å². The quantitative estimate of drug-likeness (QED) is 0.832. The predicted octanol–water partition coefficient (Wildman–Crippen LogP) is 2.20. The normalized spacial score (nSPS) is 30.8. The van der Waals surface area contributed by atoms with Gasteiger partial charge in [-0.05, 0) is 24.1 Å². The largest absolute Gasteiger partial charge is 0.392 e. The zero-order chi connectivity index (χ0) is 12.6. The Kier molecular flexibility index (Phi) is 3.09. The Morgan fingerprint density at radius 2 is 2.06 bits per heavy atom. The Morgan fingerprint density at radius 1 is 1.28 bits per heavy atom. The Hall–Kier alpha value is -0.970. The van der Waals surface area contributed by atoms with E-state index in [9.17, 15) is 9.50 Å². The first-order valence-corrected chi connectivity index (χ1v) is 6.40. The predicted molar refractivity (Wildman–Crippen MR) is 63.6 cm³/mol. The van der Waals surface area contributed by atoms with Crippen molar-refractivity contribution in [2.45, 2.75) is 37.1 Å². The molecule has 1 aromatic rings. The molecule has 0 amide bonds. The van der Waals surface area contributed by atoms with Crippen molar-refractivity contribution in [1.82, 2.24) is 0 Å². The van der Waals surface area contributed by atoms with Crippen molar-refractivity contribution in [2.24, 2.45) is 0 Å². The van der Waals surface area contributed by atoms with Gasteiger partial charge in [0.15, 0.2) is 5.79 Å². The lowest BCUT2D eigenvalue weighted by molar-refractivity contribution is -0.199. The first kappa shape index (κ1) is 12.1. The number of aliphatic hydroxyl groups is 1. The van der Waals surface area contributed by atoms with Crippen molar-refractivity contribution in [1.29, 1.82) is 0 Å². The second-order valence-electron chi connectivity index (χ2n) is 5.08. The second-order valence-corrected chi connectivity index (χ2v) is 5.08. The lowest BCUT2D eigenvalue weighted by Crippen LogP contribution is -2.42. The van der Waals surface area contributed by atoms with E-state index in [1.54, 1.807) is 6.07 Å². The molecule has 0 bridgehead atoms. The van der Waals surface area contributed by atoms with E-state index in [4.69, 9.17) is 9.47 Å². The Bertz CT molecular complexity index is 429. The first-order chi connectivity index (χ1) is 8.69. The number of benzene rings is 1. The molecule has 1 aromatic carbocycles. The summed E-state index contributed by atoms with van der Waals surface area (Å²) in [5.74, 6) is -0.879. The van der Waals surface area contributed by atoms with E-state index in [0.717, 1.165) is 18.4 Å². The number of ether oxygens (including phenoxy) is 2. The van der Waals surface area contributed by atoms with Gasteiger partial charge in [-0.1, -0.05) is 12.1 Å². The van der Waals surface area contributed by atoms with Gasteiger partial charge in [0.1, 0.15) is 5.82 Å². The molecule has 2 aliphatic rings. The van der Waals surface area contributed by atoms with Crippen LogP contribution in [0.3, 0.4) is 0 Å². The van der Waals surface area contributed by atoms with Crippen LogP contribution in [0.2, 0.25) is 0 Å². The average Bonchev–Trinajstić information content (AvgIpc) is 2.77. The molecule has 1 N–H and O–H groups in total. The fraction of sp³-hybridized carbons (Fsp3) is 0.571. The molecule has 98 valence electrons. The summed E-state index contributed by atoms with van der Waals surface area (Å²) in [5.41, 5.74) is 0.857. The van der Waals surface area contributed by atoms with Crippen LogP contribution in [0.1, 0.15) is 30.7 Å². The molecular weight excluding hydrogens is 235 g/mol. The highest BCUT2D eigenvalue weighted by Gasteiger charge is 2.44. The lowest BCUT2D eigenvalue weighted by Gasteiger charge is -2.38. The summed E-state index contributed by atoms with van der Waals surface area (Å²) in [6.45, 7) is 1.19. The molecule has 18 heavy (non-hydrogen) atoms. The third-order valence-corrected chi connectivity index (χ3v) is 3.91. The number of hydrogen-bond acceptors (Lipinski definition) is 3. The van der Waals surface area contributed by atoms with Crippen molar-refractivity contribution in [3.05, 3.63) is 35.6 Å². The molecule has 3 rings (SSSR count). The molecule has 4 heteroatoms. The summed E-state index contributed by atoms with van der Waals surface area (Å²) >= 11 is 0. The summed E-state index contributed by atoms with van der Waals surface area (Å²) in [4.78, 5) is 0. The molecule has 2 unspecified atom stereocenters. The highest BCUT2D eigenvalue weighted by Crippen LogP contribution is 2.42. The first-order valence-electron chi connectivity index (χ1n) is 6.40. The van der Waals surface area contributed by atoms with E-state index in [-0.39, 0.29) is 11.7 Å². The summed E-state index contributed by atoms with van der Waals surface area (Å²) < 4.78 is 24.4. The van der Waals surface area contributed by atoms with Crippen molar-refractivity contribution in [3.63, 3.8) is 0 Å². The SMILES string of the molecule is OC1CC2(CCC1c1cccc(F)c1)OCCO2. The molecular formula is C14H17FO3. The second kappa shape index (κ2) is 4.61. The number of aliphatic hydroxyl groups excluding tert-OH is 1. The average molecular weight is 252 g/mol. The molecule has 1 aliphatic carbocycles. The highest BCUT2D eigenvalue weighted by molar-refractivity contribution is 5.23. The van der Waals surface area contributed by atoms with Crippen LogP contribution < -0.4 is 0 Å². The fourth-order valence-corrected chi connectivity index (χ4v) is 3.02. The summed E-state index contributed by atoms with van der Waals surface area (Å²) in [5, 5.41) is 10.3. The Labute approximate surface area is 106 Å². The number of halogens is 1. The fourth-order valence-electron chi connectivity index (χ4n) is 3.02. The van der Waals surface area contributed by atoms with Crippen molar-refractivity contribution < 1.29 is 19.0 Å². The third-order valence-electron chi connectivity index (χ3n) is 3.91. The molecule has 1 spiro atoms. The van der Waals surface area contributed by atoms with Gasteiger partial charge in [0.25, 0.3) is 0 Å². The van der Waals surface area contributed by atoms with Crippen LogP contribution in [-0.4, -0.2) is 30.2 Å². The van der Waals surface area contributed by atoms with E-state index in [1.165, 1.54) is 12.1 Å². The van der Waals surface area contributed by atoms with Gasteiger partial charge in [-0.2, -0.15) is 0 Å².